The van der Waals surface area contributed by atoms with Gasteiger partial charge in [-0.1, -0.05) is 48.0 Å². The Bertz CT molecular complexity index is 1030. The number of nitrogens with one attached hydrogen (secondary N) is 2. The Morgan fingerprint density at radius 1 is 0.941 bits per heavy atom. The molecule has 2 N–H and O–H groups in total. The fourth-order valence-corrected chi connectivity index (χ4v) is 3.64. The van der Waals surface area contributed by atoms with E-state index in [0.717, 1.165) is 11.1 Å². The third-order valence-corrected chi connectivity index (χ3v) is 5.20. The van der Waals surface area contributed by atoms with E-state index in [1.807, 2.05) is 76.2 Å². The molecule has 7 nitrogen and oxygen atoms in total. The molecule has 2 aromatic rings. The van der Waals surface area contributed by atoms with Gasteiger partial charge in [0.1, 0.15) is 17.7 Å². The zero-order valence-electron chi connectivity index (χ0n) is 21.4. The minimum atomic E-state index is -0.894. The van der Waals surface area contributed by atoms with E-state index in [2.05, 4.69) is 10.6 Å². The molecule has 0 heterocycles. The molecule has 0 bridgehead atoms. The fraction of sp³-hybridized carbons (Fsp3) is 0.444. The number of ether oxygens (including phenoxy) is 1. The second kappa shape index (κ2) is 11.2. The molecule has 2 atom stereocenters. The molecule has 0 radical (unpaired) electrons. The van der Waals surface area contributed by atoms with Crippen LogP contribution in [-0.4, -0.2) is 40.5 Å². The monoisotopic (exact) mass is 467 g/mol. The van der Waals surface area contributed by atoms with Crippen molar-refractivity contribution in [3.8, 4) is 0 Å². The van der Waals surface area contributed by atoms with Gasteiger partial charge in [-0.05, 0) is 72.6 Å². The molecule has 7 heteroatoms. The van der Waals surface area contributed by atoms with Gasteiger partial charge in [-0.15, -0.1) is 0 Å². The van der Waals surface area contributed by atoms with Gasteiger partial charge in [-0.2, -0.15) is 0 Å². The number of carbonyl (C=O) groups is 3. The van der Waals surface area contributed by atoms with Gasteiger partial charge in [0.2, 0.25) is 5.91 Å². The van der Waals surface area contributed by atoms with Gasteiger partial charge in [0.25, 0.3) is 5.91 Å². The summed E-state index contributed by atoms with van der Waals surface area (Å²) in [4.78, 5) is 41.0. The lowest BCUT2D eigenvalue weighted by Crippen LogP contribution is -2.53. The molecule has 34 heavy (non-hydrogen) atoms. The standard InChI is InChI=1S/C27H37N3O4/c1-17(2)30(25(32)20(5)28-26(33)34-27(6,7)8)23(21-14-11-12-18(3)16-21)24(31)29-22-15-10-9-13-19(22)4/h9-17,20,23H,1-8H3,(H,28,33)(H,29,31). The van der Waals surface area contributed by atoms with Crippen LogP contribution in [-0.2, 0) is 14.3 Å². The van der Waals surface area contributed by atoms with Gasteiger partial charge in [0, 0.05) is 11.7 Å². The number of amides is 3. The second-order valence-corrected chi connectivity index (χ2v) is 9.83. The van der Waals surface area contributed by atoms with E-state index in [1.165, 1.54) is 4.90 Å². The Morgan fingerprint density at radius 2 is 1.59 bits per heavy atom. The molecule has 184 valence electrons. The van der Waals surface area contributed by atoms with Gasteiger partial charge in [0.05, 0.1) is 0 Å². The van der Waals surface area contributed by atoms with Gasteiger partial charge >= 0.3 is 6.09 Å². The van der Waals surface area contributed by atoms with Crippen LogP contribution in [0.15, 0.2) is 48.5 Å². The Kier molecular flexibility index (Phi) is 8.85. The van der Waals surface area contributed by atoms with Crippen LogP contribution in [0.3, 0.4) is 0 Å². The summed E-state index contributed by atoms with van der Waals surface area (Å²) in [6.45, 7) is 14.4. The number of benzene rings is 2. The maximum atomic E-state index is 13.6. The van der Waals surface area contributed by atoms with E-state index >= 15 is 0 Å². The minimum absolute atomic E-state index is 0.316. The maximum absolute atomic E-state index is 13.6. The topological polar surface area (TPSA) is 87.7 Å². The summed E-state index contributed by atoms with van der Waals surface area (Å²) < 4.78 is 5.30. The lowest BCUT2D eigenvalue weighted by Gasteiger charge is -2.36. The minimum Gasteiger partial charge on any atom is -0.444 e. The third kappa shape index (κ3) is 7.33. The van der Waals surface area contributed by atoms with Crippen LogP contribution in [0.2, 0.25) is 0 Å². The van der Waals surface area contributed by atoms with Gasteiger partial charge < -0.3 is 20.3 Å². The van der Waals surface area contributed by atoms with Crippen molar-refractivity contribution in [1.29, 1.82) is 0 Å². The number of rotatable bonds is 7. The first-order valence-electron chi connectivity index (χ1n) is 11.5. The number of hydrogen-bond acceptors (Lipinski definition) is 4. The highest BCUT2D eigenvalue weighted by Gasteiger charge is 2.36. The first kappa shape index (κ1) is 26.9. The zero-order chi connectivity index (χ0) is 25.6. The first-order chi connectivity index (χ1) is 15.8. The number of hydrogen-bond donors (Lipinski definition) is 2. The molecular formula is C27H37N3O4. The molecule has 2 rings (SSSR count). The molecule has 0 fully saturated rings. The number of nitrogens with zero attached hydrogens (tertiary/aromatic N) is 1. The first-order valence-corrected chi connectivity index (χ1v) is 11.5. The molecule has 0 aromatic heterocycles. The molecule has 0 aliphatic rings. The number of aryl methyl sites for hydroxylation is 2. The van der Waals surface area contributed by atoms with Crippen molar-refractivity contribution in [1.82, 2.24) is 10.2 Å². The highest BCUT2D eigenvalue weighted by atomic mass is 16.6. The normalized spacial score (nSPS) is 13.1. The number of alkyl carbamates (subject to hydrolysis) is 1. The van der Waals surface area contributed by atoms with Gasteiger partial charge in [-0.25, -0.2) is 4.79 Å². The predicted molar refractivity (Wildman–Crippen MR) is 135 cm³/mol. The maximum Gasteiger partial charge on any atom is 0.408 e. The number of carbonyl (C=O) groups excluding carboxylic acids is 3. The van der Waals surface area contributed by atoms with Crippen LogP contribution in [0.25, 0.3) is 0 Å². The lowest BCUT2D eigenvalue weighted by molar-refractivity contribution is -0.142. The Morgan fingerprint density at radius 3 is 2.15 bits per heavy atom. The molecule has 2 aromatic carbocycles. The SMILES string of the molecule is Cc1cccc(C(C(=O)Nc2ccccc2C)N(C(=O)C(C)NC(=O)OC(C)(C)C)C(C)C)c1. The molecule has 0 aliphatic carbocycles. The van der Waals surface area contributed by atoms with E-state index in [-0.39, 0.29) is 17.9 Å². The molecule has 0 aliphatic heterocycles. The highest BCUT2D eigenvalue weighted by molar-refractivity contribution is 5.99. The molecule has 0 saturated heterocycles. The number of anilines is 1. The molecule has 0 spiro atoms. The van der Waals surface area contributed by atoms with Crippen molar-refractivity contribution in [2.45, 2.75) is 79.1 Å². The van der Waals surface area contributed by atoms with Gasteiger partial charge in [-0.3, -0.25) is 9.59 Å². The second-order valence-electron chi connectivity index (χ2n) is 9.83. The van der Waals surface area contributed by atoms with E-state index in [1.54, 1.807) is 27.7 Å². The van der Waals surface area contributed by atoms with Crippen LogP contribution < -0.4 is 10.6 Å². The summed E-state index contributed by atoms with van der Waals surface area (Å²) in [6.07, 6.45) is -0.687. The summed E-state index contributed by atoms with van der Waals surface area (Å²) in [5.41, 5.74) is 2.57. The van der Waals surface area contributed by atoms with Gasteiger partial charge in [0.15, 0.2) is 0 Å². The van der Waals surface area contributed by atoms with Crippen molar-refractivity contribution in [2.75, 3.05) is 5.32 Å². The van der Waals surface area contributed by atoms with Crippen LogP contribution in [0, 0.1) is 13.8 Å². The van der Waals surface area contributed by atoms with E-state index < -0.39 is 23.8 Å². The van der Waals surface area contributed by atoms with Crippen LogP contribution in [0.4, 0.5) is 10.5 Å². The molecule has 2 unspecified atom stereocenters. The summed E-state index contributed by atoms with van der Waals surface area (Å²) in [5.74, 6) is -0.710. The van der Waals surface area contributed by atoms with Crippen LogP contribution in [0.5, 0.6) is 0 Å². The average molecular weight is 468 g/mol. The van der Waals surface area contributed by atoms with Crippen molar-refractivity contribution < 1.29 is 19.1 Å². The van der Waals surface area contributed by atoms with E-state index in [0.29, 0.717) is 11.3 Å². The highest BCUT2D eigenvalue weighted by Crippen LogP contribution is 2.27. The summed E-state index contributed by atoms with van der Waals surface area (Å²) in [7, 11) is 0. The zero-order valence-corrected chi connectivity index (χ0v) is 21.4. The van der Waals surface area contributed by atoms with Crippen molar-refractivity contribution in [3.63, 3.8) is 0 Å². The van der Waals surface area contributed by atoms with Crippen molar-refractivity contribution in [3.05, 3.63) is 65.2 Å². The Balaban J connectivity index is 2.42. The Labute approximate surface area is 202 Å². The summed E-state index contributed by atoms with van der Waals surface area (Å²) in [5, 5.41) is 5.59. The molecule has 0 saturated carbocycles. The largest absolute Gasteiger partial charge is 0.444 e. The summed E-state index contributed by atoms with van der Waals surface area (Å²) in [6, 6.07) is 12.9. The molecule has 3 amide bonds. The molecular weight excluding hydrogens is 430 g/mol. The van der Waals surface area contributed by atoms with E-state index in [9.17, 15) is 14.4 Å². The van der Waals surface area contributed by atoms with Crippen LogP contribution >= 0.6 is 0 Å². The average Bonchev–Trinajstić information content (AvgIpc) is 2.71. The van der Waals surface area contributed by atoms with Crippen molar-refractivity contribution in [2.24, 2.45) is 0 Å². The Hall–Kier alpha value is -3.35. The van der Waals surface area contributed by atoms with Crippen LogP contribution in [0.1, 0.15) is 64.3 Å². The number of para-hydroxylation sites is 1. The van der Waals surface area contributed by atoms with E-state index in [4.69, 9.17) is 4.74 Å². The van der Waals surface area contributed by atoms with Crippen molar-refractivity contribution >= 4 is 23.6 Å². The fourth-order valence-electron chi connectivity index (χ4n) is 3.64. The summed E-state index contributed by atoms with van der Waals surface area (Å²) >= 11 is 0. The predicted octanol–water partition coefficient (Wildman–Crippen LogP) is 5.13. The third-order valence-electron chi connectivity index (χ3n) is 5.20. The lowest BCUT2D eigenvalue weighted by atomic mass is 9.99. The smallest absolute Gasteiger partial charge is 0.408 e. The quantitative estimate of drug-likeness (QED) is 0.591.